The molecule has 2 rings (SSSR count). The van der Waals surface area contributed by atoms with Gasteiger partial charge in [0.05, 0.1) is 18.5 Å². The average molecular weight is 378 g/mol. The van der Waals surface area contributed by atoms with Gasteiger partial charge in [0.1, 0.15) is 0 Å². The maximum absolute atomic E-state index is 13.6. The molecule has 0 aromatic heterocycles. The Morgan fingerprint density at radius 1 is 1.12 bits per heavy atom. The predicted octanol–water partition coefficient (Wildman–Crippen LogP) is 3.03. The summed E-state index contributed by atoms with van der Waals surface area (Å²) in [5.41, 5.74) is -0.529. The van der Waals surface area contributed by atoms with E-state index < -0.39 is 45.6 Å². The maximum Gasteiger partial charge on any atom is 0.239 e. The third-order valence-corrected chi connectivity index (χ3v) is 5.55. The number of rotatable bonds is 5. The topological polar surface area (TPSA) is 66.5 Å². The van der Waals surface area contributed by atoms with E-state index in [-0.39, 0.29) is 6.04 Å². The molecule has 1 saturated carbocycles. The summed E-state index contributed by atoms with van der Waals surface area (Å²) in [4.78, 5) is 12.1. The average Bonchev–Trinajstić information content (AvgIpc) is 2.81. The van der Waals surface area contributed by atoms with Crippen LogP contribution < -0.4 is 5.32 Å². The fraction of sp³-hybridized carbons (Fsp3) is 0.562. The first kappa shape index (κ1) is 19.7. The van der Waals surface area contributed by atoms with Crippen molar-refractivity contribution in [2.45, 2.75) is 44.6 Å². The number of amides is 1. The standard InChI is InChI=1S/C16H21F3N2O3S/c1-25(23,24)21(11-6-4-2-3-5-7-11)10-14(22)20-13-9-8-12(17)15(18)16(13)19/h8-9,11H,2-7,10H2,1H3,(H,20,22). The zero-order valence-corrected chi connectivity index (χ0v) is 14.7. The summed E-state index contributed by atoms with van der Waals surface area (Å²) in [7, 11) is -3.65. The molecule has 0 unspecified atom stereocenters. The van der Waals surface area contributed by atoms with Crippen LogP contribution in [0, 0.1) is 17.5 Å². The van der Waals surface area contributed by atoms with Crippen molar-refractivity contribution in [1.82, 2.24) is 4.31 Å². The molecule has 0 spiro atoms. The Balaban J connectivity index is 2.13. The monoisotopic (exact) mass is 378 g/mol. The van der Waals surface area contributed by atoms with E-state index >= 15 is 0 Å². The minimum absolute atomic E-state index is 0.293. The molecule has 1 amide bonds. The summed E-state index contributed by atoms with van der Waals surface area (Å²) in [6.07, 6.45) is 6.09. The number of benzene rings is 1. The van der Waals surface area contributed by atoms with Gasteiger partial charge in [0, 0.05) is 6.04 Å². The summed E-state index contributed by atoms with van der Waals surface area (Å²) in [5.74, 6) is -5.39. The van der Waals surface area contributed by atoms with Crippen LogP contribution >= 0.6 is 0 Å². The van der Waals surface area contributed by atoms with E-state index in [9.17, 15) is 26.4 Å². The molecule has 0 aliphatic heterocycles. The lowest BCUT2D eigenvalue weighted by Crippen LogP contribution is -2.44. The maximum atomic E-state index is 13.6. The number of sulfonamides is 1. The molecular weight excluding hydrogens is 357 g/mol. The zero-order chi connectivity index (χ0) is 18.6. The van der Waals surface area contributed by atoms with E-state index in [1.165, 1.54) is 0 Å². The SMILES string of the molecule is CS(=O)(=O)N(CC(=O)Nc1ccc(F)c(F)c1F)C1CCCCCC1. The van der Waals surface area contributed by atoms with E-state index in [1.54, 1.807) is 0 Å². The van der Waals surface area contributed by atoms with Gasteiger partial charge in [0.25, 0.3) is 0 Å². The second-order valence-corrected chi connectivity index (χ2v) is 8.16. The van der Waals surface area contributed by atoms with E-state index in [0.717, 1.165) is 42.3 Å². The number of carbonyl (C=O) groups excluding carboxylic acids is 1. The lowest BCUT2D eigenvalue weighted by atomic mass is 10.1. The number of carbonyl (C=O) groups is 1. The van der Waals surface area contributed by atoms with Crippen molar-refractivity contribution in [3.05, 3.63) is 29.6 Å². The van der Waals surface area contributed by atoms with E-state index in [2.05, 4.69) is 5.32 Å². The van der Waals surface area contributed by atoms with Crippen molar-refractivity contribution >= 4 is 21.6 Å². The lowest BCUT2D eigenvalue weighted by molar-refractivity contribution is -0.116. The van der Waals surface area contributed by atoms with Crippen LogP contribution in [0.25, 0.3) is 0 Å². The van der Waals surface area contributed by atoms with E-state index in [4.69, 9.17) is 0 Å². The van der Waals surface area contributed by atoms with Crippen LogP contribution in [0.5, 0.6) is 0 Å². The third-order valence-electron chi connectivity index (χ3n) is 4.27. The third kappa shape index (κ3) is 5.18. The second-order valence-electron chi connectivity index (χ2n) is 6.22. The summed E-state index contributed by atoms with van der Waals surface area (Å²) in [6.45, 7) is -0.498. The van der Waals surface area contributed by atoms with Crippen LogP contribution in [0.1, 0.15) is 38.5 Å². The number of hydrogen-bond donors (Lipinski definition) is 1. The molecule has 25 heavy (non-hydrogen) atoms. The fourth-order valence-corrected chi connectivity index (χ4v) is 4.12. The molecule has 1 aromatic rings. The predicted molar refractivity (Wildman–Crippen MR) is 88.0 cm³/mol. The van der Waals surface area contributed by atoms with Crippen LogP contribution in [-0.2, 0) is 14.8 Å². The molecule has 140 valence electrons. The molecule has 0 atom stereocenters. The minimum atomic E-state index is -3.65. The molecule has 0 radical (unpaired) electrons. The normalized spacial score (nSPS) is 16.7. The van der Waals surface area contributed by atoms with Gasteiger partial charge in [-0.05, 0) is 25.0 Å². The van der Waals surface area contributed by atoms with Gasteiger partial charge < -0.3 is 5.32 Å². The van der Waals surface area contributed by atoms with Gasteiger partial charge in [0.2, 0.25) is 15.9 Å². The highest BCUT2D eigenvalue weighted by molar-refractivity contribution is 7.88. The number of nitrogens with zero attached hydrogens (tertiary/aromatic N) is 1. The van der Waals surface area contributed by atoms with Gasteiger partial charge in [-0.1, -0.05) is 25.7 Å². The highest BCUT2D eigenvalue weighted by atomic mass is 32.2. The van der Waals surface area contributed by atoms with Gasteiger partial charge in [-0.3, -0.25) is 4.79 Å². The zero-order valence-electron chi connectivity index (χ0n) is 13.9. The number of hydrogen-bond acceptors (Lipinski definition) is 3. The molecule has 1 N–H and O–H groups in total. The van der Waals surface area contributed by atoms with Gasteiger partial charge in [-0.15, -0.1) is 0 Å². The first-order valence-electron chi connectivity index (χ1n) is 8.10. The Hall–Kier alpha value is -1.61. The summed E-state index contributed by atoms with van der Waals surface area (Å²) in [6, 6.07) is 1.29. The molecule has 1 aliphatic carbocycles. The van der Waals surface area contributed by atoms with Crippen LogP contribution in [0.4, 0.5) is 18.9 Å². The molecule has 0 saturated heterocycles. The van der Waals surface area contributed by atoms with Gasteiger partial charge in [-0.25, -0.2) is 21.6 Å². The van der Waals surface area contributed by atoms with Crippen molar-refractivity contribution in [1.29, 1.82) is 0 Å². The Kier molecular flexibility index (Phi) is 6.45. The minimum Gasteiger partial charge on any atom is -0.322 e. The van der Waals surface area contributed by atoms with Gasteiger partial charge >= 0.3 is 0 Å². The molecule has 0 bridgehead atoms. The highest BCUT2D eigenvalue weighted by Crippen LogP contribution is 2.24. The Bertz CT molecular complexity index is 732. The lowest BCUT2D eigenvalue weighted by Gasteiger charge is -2.28. The molecule has 1 fully saturated rings. The Labute approximate surface area is 145 Å². The molecule has 1 aliphatic rings. The van der Waals surface area contributed by atoms with E-state index in [0.29, 0.717) is 18.9 Å². The van der Waals surface area contributed by atoms with Gasteiger partial charge in [0.15, 0.2) is 17.5 Å². The van der Waals surface area contributed by atoms with Crippen LogP contribution in [-0.4, -0.2) is 37.5 Å². The Morgan fingerprint density at radius 3 is 2.28 bits per heavy atom. The summed E-state index contributed by atoms with van der Waals surface area (Å²) < 4.78 is 65.0. The van der Waals surface area contributed by atoms with Crippen molar-refractivity contribution in [3.8, 4) is 0 Å². The van der Waals surface area contributed by atoms with Gasteiger partial charge in [-0.2, -0.15) is 4.31 Å². The largest absolute Gasteiger partial charge is 0.322 e. The molecule has 5 nitrogen and oxygen atoms in total. The molecular formula is C16H21F3N2O3S. The number of halogens is 3. The number of nitrogens with one attached hydrogen (secondary N) is 1. The Morgan fingerprint density at radius 2 is 1.72 bits per heavy atom. The van der Waals surface area contributed by atoms with Crippen LogP contribution in [0.3, 0.4) is 0 Å². The molecule has 9 heteroatoms. The second kappa shape index (κ2) is 8.18. The van der Waals surface area contributed by atoms with Crippen molar-refractivity contribution in [3.63, 3.8) is 0 Å². The highest BCUT2D eigenvalue weighted by Gasteiger charge is 2.29. The quantitative estimate of drug-likeness (QED) is 0.633. The fourth-order valence-electron chi connectivity index (χ4n) is 3.02. The van der Waals surface area contributed by atoms with E-state index in [1.807, 2.05) is 0 Å². The first-order chi connectivity index (χ1) is 11.7. The van der Waals surface area contributed by atoms with Crippen molar-refractivity contribution in [2.24, 2.45) is 0 Å². The molecule has 0 heterocycles. The van der Waals surface area contributed by atoms with Crippen molar-refractivity contribution < 1.29 is 26.4 Å². The number of anilines is 1. The van der Waals surface area contributed by atoms with Crippen LogP contribution in [0.15, 0.2) is 12.1 Å². The van der Waals surface area contributed by atoms with Crippen LogP contribution in [0.2, 0.25) is 0 Å². The molecule has 1 aromatic carbocycles. The summed E-state index contributed by atoms with van der Waals surface area (Å²) in [5, 5.41) is 2.11. The van der Waals surface area contributed by atoms with Crippen molar-refractivity contribution in [2.75, 3.05) is 18.1 Å². The first-order valence-corrected chi connectivity index (χ1v) is 9.95. The smallest absolute Gasteiger partial charge is 0.239 e. The summed E-state index contributed by atoms with van der Waals surface area (Å²) >= 11 is 0.